The molecule has 0 aliphatic heterocycles. The number of halogens is 1. The third-order valence-corrected chi connectivity index (χ3v) is 4.54. The molecule has 1 amide bonds. The first-order chi connectivity index (χ1) is 14.1. The van der Waals surface area contributed by atoms with Crippen LogP contribution in [0.3, 0.4) is 0 Å². The van der Waals surface area contributed by atoms with Gasteiger partial charge in [0, 0.05) is 35.0 Å². The Morgan fingerprint density at radius 3 is 2.83 bits per heavy atom. The van der Waals surface area contributed by atoms with Crippen LogP contribution in [0.25, 0.3) is 22.3 Å². The first kappa shape index (κ1) is 18.9. The highest BCUT2D eigenvalue weighted by atomic mass is 35.5. The second kappa shape index (κ2) is 8.28. The summed E-state index contributed by atoms with van der Waals surface area (Å²) in [5, 5.41) is 8.22. The summed E-state index contributed by atoms with van der Waals surface area (Å²) in [6, 6.07) is 14.5. The van der Waals surface area contributed by atoms with Gasteiger partial charge in [0.2, 0.25) is 17.6 Å². The molecule has 29 heavy (non-hydrogen) atoms. The number of rotatable bonds is 6. The number of hydrogen-bond acceptors (Lipinski definition) is 6. The fourth-order valence-corrected chi connectivity index (χ4v) is 3.12. The van der Waals surface area contributed by atoms with Gasteiger partial charge in [-0.2, -0.15) is 4.98 Å². The molecule has 8 heteroatoms. The van der Waals surface area contributed by atoms with Gasteiger partial charge in [0.1, 0.15) is 5.75 Å². The molecule has 0 saturated heterocycles. The van der Waals surface area contributed by atoms with E-state index in [1.54, 1.807) is 25.4 Å². The van der Waals surface area contributed by atoms with Gasteiger partial charge in [-0.3, -0.25) is 9.78 Å². The molecule has 4 aromatic rings. The van der Waals surface area contributed by atoms with E-state index in [0.29, 0.717) is 34.4 Å². The van der Waals surface area contributed by atoms with Crippen LogP contribution >= 0.6 is 11.6 Å². The van der Waals surface area contributed by atoms with E-state index in [1.807, 2.05) is 36.4 Å². The Bertz CT molecular complexity index is 1160. The molecule has 2 aromatic carbocycles. The average molecular weight is 409 g/mol. The zero-order valence-corrected chi connectivity index (χ0v) is 16.3. The van der Waals surface area contributed by atoms with Crippen molar-refractivity contribution in [2.45, 2.75) is 12.8 Å². The fourth-order valence-electron chi connectivity index (χ4n) is 2.90. The second-order valence-electron chi connectivity index (χ2n) is 6.32. The number of anilines is 1. The van der Waals surface area contributed by atoms with Crippen LogP contribution in [0.4, 0.5) is 5.69 Å². The number of amides is 1. The number of fused-ring (bicyclic) bond motifs is 1. The predicted octanol–water partition coefficient (Wildman–Crippen LogP) is 4.52. The van der Waals surface area contributed by atoms with Crippen LogP contribution in [0.1, 0.15) is 12.3 Å². The third kappa shape index (κ3) is 4.35. The maximum Gasteiger partial charge on any atom is 0.227 e. The Morgan fingerprint density at radius 1 is 1.21 bits per heavy atom. The zero-order chi connectivity index (χ0) is 20.2. The lowest BCUT2D eigenvalue weighted by atomic mass is 10.2. The van der Waals surface area contributed by atoms with Crippen molar-refractivity contribution < 1.29 is 14.1 Å². The second-order valence-corrected chi connectivity index (χ2v) is 6.75. The molecule has 0 spiro atoms. The van der Waals surface area contributed by atoms with Crippen LogP contribution in [0.15, 0.2) is 59.3 Å². The van der Waals surface area contributed by atoms with E-state index in [-0.39, 0.29) is 12.3 Å². The smallest absolute Gasteiger partial charge is 0.227 e. The first-order valence-electron chi connectivity index (χ1n) is 8.93. The molecule has 1 N–H and O–H groups in total. The Labute approximate surface area is 171 Å². The standard InChI is InChI=1S/C21H17ClN4O3/c1-28-16-6-4-13(5-7-16)21-25-19(29-26-21)9-8-18(27)24-17-12-15(22)11-14-3-2-10-23-20(14)17/h2-7,10-12H,8-9H2,1H3,(H,24,27). The Kier molecular flexibility index (Phi) is 5.39. The minimum absolute atomic E-state index is 0.186. The van der Waals surface area contributed by atoms with Gasteiger partial charge < -0.3 is 14.6 Å². The van der Waals surface area contributed by atoms with Crippen LogP contribution in [0.5, 0.6) is 5.75 Å². The summed E-state index contributed by atoms with van der Waals surface area (Å²) in [6.45, 7) is 0. The van der Waals surface area contributed by atoms with Crippen LogP contribution in [-0.4, -0.2) is 28.1 Å². The van der Waals surface area contributed by atoms with E-state index in [4.69, 9.17) is 20.9 Å². The van der Waals surface area contributed by atoms with Gasteiger partial charge in [-0.05, 0) is 42.5 Å². The van der Waals surface area contributed by atoms with Crippen LogP contribution in [0, 0.1) is 0 Å². The number of nitrogens with one attached hydrogen (secondary N) is 1. The highest BCUT2D eigenvalue weighted by Gasteiger charge is 2.13. The summed E-state index contributed by atoms with van der Waals surface area (Å²) in [7, 11) is 1.61. The molecule has 0 aliphatic carbocycles. The van der Waals surface area contributed by atoms with Crippen molar-refractivity contribution in [3.05, 3.63) is 65.6 Å². The number of nitrogens with zero attached hydrogens (tertiary/aromatic N) is 3. The summed E-state index contributed by atoms with van der Waals surface area (Å²) in [4.78, 5) is 21.1. The Balaban J connectivity index is 1.41. The van der Waals surface area contributed by atoms with E-state index >= 15 is 0 Å². The monoisotopic (exact) mass is 408 g/mol. The first-order valence-corrected chi connectivity index (χ1v) is 9.31. The molecule has 0 saturated carbocycles. The van der Waals surface area contributed by atoms with Gasteiger partial charge in [0.25, 0.3) is 0 Å². The molecular formula is C21H17ClN4O3. The van der Waals surface area contributed by atoms with Crippen LogP contribution in [0.2, 0.25) is 5.02 Å². The van der Waals surface area contributed by atoms with E-state index in [0.717, 1.165) is 16.7 Å². The maximum absolute atomic E-state index is 12.4. The van der Waals surface area contributed by atoms with Crippen LogP contribution < -0.4 is 10.1 Å². The highest BCUT2D eigenvalue weighted by Crippen LogP contribution is 2.26. The number of hydrogen-bond donors (Lipinski definition) is 1. The molecule has 0 aliphatic rings. The van der Waals surface area contributed by atoms with Crippen molar-refractivity contribution in [1.29, 1.82) is 0 Å². The lowest BCUT2D eigenvalue weighted by molar-refractivity contribution is -0.116. The molecule has 7 nitrogen and oxygen atoms in total. The molecule has 0 bridgehead atoms. The fraction of sp³-hybridized carbons (Fsp3) is 0.143. The largest absolute Gasteiger partial charge is 0.497 e. The third-order valence-electron chi connectivity index (χ3n) is 4.33. The van der Waals surface area contributed by atoms with Gasteiger partial charge in [-0.15, -0.1) is 0 Å². The number of methoxy groups -OCH3 is 1. The summed E-state index contributed by atoms with van der Waals surface area (Å²) in [5.41, 5.74) is 2.06. The van der Waals surface area contributed by atoms with Gasteiger partial charge in [-0.1, -0.05) is 22.8 Å². The molecule has 146 valence electrons. The number of pyridine rings is 1. The van der Waals surface area contributed by atoms with Crippen molar-refractivity contribution in [3.8, 4) is 17.1 Å². The quantitative estimate of drug-likeness (QED) is 0.504. The van der Waals surface area contributed by atoms with Crippen molar-refractivity contribution in [2.75, 3.05) is 12.4 Å². The number of aromatic nitrogens is 3. The number of aryl methyl sites for hydroxylation is 1. The normalized spacial score (nSPS) is 10.8. The van der Waals surface area contributed by atoms with Gasteiger partial charge in [0.15, 0.2) is 0 Å². The Hall–Kier alpha value is -3.45. The lowest BCUT2D eigenvalue weighted by Crippen LogP contribution is -2.13. The van der Waals surface area contributed by atoms with E-state index < -0.39 is 0 Å². The van der Waals surface area contributed by atoms with Gasteiger partial charge >= 0.3 is 0 Å². The maximum atomic E-state index is 12.4. The van der Waals surface area contributed by atoms with Gasteiger partial charge in [-0.25, -0.2) is 0 Å². The number of carbonyl (C=O) groups is 1. The SMILES string of the molecule is COc1ccc(-c2noc(CCC(=O)Nc3cc(Cl)cc4cccnc34)n2)cc1. The average Bonchev–Trinajstić information content (AvgIpc) is 3.21. The molecular weight excluding hydrogens is 392 g/mol. The molecule has 0 radical (unpaired) electrons. The van der Waals surface area contributed by atoms with Gasteiger partial charge in [0.05, 0.1) is 18.3 Å². The van der Waals surface area contributed by atoms with E-state index in [1.165, 1.54) is 0 Å². The number of ether oxygens (including phenoxy) is 1. The predicted molar refractivity (Wildman–Crippen MR) is 110 cm³/mol. The van der Waals surface area contributed by atoms with Crippen molar-refractivity contribution >= 4 is 34.1 Å². The summed E-state index contributed by atoms with van der Waals surface area (Å²) < 4.78 is 10.4. The molecule has 0 fully saturated rings. The van der Waals surface area contributed by atoms with E-state index in [2.05, 4.69) is 20.4 Å². The lowest BCUT2D eigenvalue weighted by Gasteiger charge is -2.08. The van der Waals surface area contributed by atoms with Crippen molar-refractivity contribution in [3.63, 3.8) is 0 Å². The molecule has 0 unspecified atom stereocenters. The topological polar surface area (TPSA) is 90.1 Å². The summed E-state index contributed by atoms with van der Waals surface area (Å²) in [5.74, 6) is 1.41. The summed E-state index contributed by atoms with van der Waals surface area (Å²) >= 11 is 6.14. The number of carbonyl (C=O) groups excluding carboxylic acids is 1. The minimum Gasteiger partial charge on any atom is -0.497 e. The minimum atomic E-state index is -0.191. The van der Waals surface area contributed by atoms with Crippen LogP contribution in [-0.2, 0) is 11.2 Å². The van der Waals surface area contributed by atoms with E-state index in [9.17, 15) is 4.79 Å². The Morgan fingerprint density at radius 2 is 2.03 bits per heavy atom. The molecule has 0 atom stereocenters. The molecule has 2 aromatic heterocycles. The highest BCUT2D eigenvalue weighted by molar-refractivity contribution is 6.32. The summed E-state index contributed by atoms with van der Waals surface area (Å²) in [6.07, 6.45) is 2.18. The number of benzene rings is 2. The van der Waals surface area contributed by atoms with Crippen molar-refractivity contribution in [1.82, 2.24) is 15.1 Å². The molecule has 4 rings (SSSR count). The van der Waals surface area contributed by atoms with Crippen molar-refractivity contribution in [2.24, 2.45) is 0 Å². The molecule has 2 heterocycles. The zero-order valence-electron chi connectivity index (χ0n) is 15.6.